The van der Waals surface area contributed by atoms with Gasteiger partial charge in [-0.2, -0.15) is 0 Å². The minimum absolute atomic E-state index is 0.205. The molecular formula is C14H23NO4S. The van der Waals surface area contributed by atoms with Crippen LogP contribution < -0.4 is 14.8 Å². The zero-order valence-corrected chi connectivity index (χ0v) is 12.8. The normalized spacial score (nSPS) is 13.8. The molecule has 0 aliphatic rings. The first kappa shape index (κ1) is 16.9. The van der Waals surface area contributed by atoms with Crippen molar-refractivity contribution >= 4 is 10.8 Å². The maximum atomic E-state index is 11.2. The van der Waals surface area contributed by atoms with E-state index in [-0.39, 0.29) is 6.61 Å². The Bertz CT molecular complexity index is 414. The van der Waals surface area contributed by atoms with Gasteiger partial charge in [-0.3, -0.25) is 4.21 Å². The summed E-state index contributed by atoms with van der Waals surface area (Å²) in [6, 6.07) is 7.25. The van der Waals surface area contributed by atoms with E-state index in [1.807, 2.05) is 25.1 Å². The monoisotopic (exact) mass is 301 g/mol. The highest BCUT2D eigenvalue weighted by Gasteiger charge is 2.06. The van der Waals surface area contributed by atoms with Crippen LogP contribution in [0, 0.1) is 0 Å². The molecule has 1 aromatic rings. The van der Waals surface area contributed by atoms with Gasteiger partial charge in [-0.1, -0.05) is 13.0 Å². The lowest BCUT2D eigenvalue weighted by Crippen LogP contribution is -2.33. The third-order valence-electron chi connectivity index (χ3n) is 2.69. The van der Waals surface area contributed by atoms with Crippen LogP contribution in [0.5, 0.6) is 11.5 Å². The maximum absolute atomic E-state index is 11.2. The molecule has 20 heavy (non-hydrogen) atoms. The largest absolute Gasteiger partial charge is 0.497 e. The van der Waals surface area contributed by atoms with Crippen LogP contribution in [-0.2, 0) is 10.8 Å². The third kappa shape index (κ3) is 6.88. The molecule has 0 bridgehead atoms. The number of ether oxygens (including phenoxy) is 2. The summed E-state index contributed by atoms with van der Waals surface area (Å²) in [5.41, 5.74) is 0. The predicted molar refractivity (Wildman–Crippen MR) is 80.9 cm³/mol. The molecule has 0 fully saturated rings. The van der Waals surface area contributed by atoms with Gasteiger partial charge in [0.15, 0.2) is 0 Å². The quantitative estimate of drug-likeness (QED) is 0.626. The molecule has 2 atom stereocenters. The highest BCUT2D eigenvalue weighted by molar-refractivity contribution is 7.84. The molecule has 114 valence electrons. The van der Waals surface area contributed by atoms with Crippen molar-refractivity contribution in [3.8, 4) is 11.5 Å². The number of hydrogen-bond acceptors (Lipinski definition) is 5. The average Bonchev–Trinajstić information content (AvgIpc) is 2.49. The van der Waals surface area contributed by atoms with E-state index in [0.717, 1.165) is 5.75 Å². The predicted octanol–water partition coefficient (Wildman–Crippen LogP) is 0.793. The minimum Gasteiger partial charge on any atom is -0.497 e. The molecule has 0 radical (unpaired) electrons. The molecular weight excluding hydrogens is 278 g/mol. The van der Waals surface area contributed by atoms with Crippen molar-refractivity contribution in [3.63, 3.8) is 0 Å². The van der Waals surface area contributed by atoms with Crippen molar-refractivity contribution in [2.75, 3.05) is 38.3 Å². The zero-order chi connectivity index (χ0) is 14.8. The molecule has 0 aliphatic heterocycles. The fourth-order valence-electron chi connectivity index (χ4n) is 1.54. The highest BCUT2D eigenvalue weighted by Crippen LogP contribution is 2.18. The molecule has 2 unspecified atom stereocenters. The number of aliphatic hydroxyl groups excluding tert-OH is 1. The van der Waals surface area contributed by atoms with E-state index in [0.29, 0.717) is 30.3 Å². The van der Waals surface area contributed by atoms with E-state index < -0.39 is 16.9 Å². The van der Waals surface area contributed by atoms with Gasteiger partial charge in [-0.15, -0.1) is 0 Å². The standard InChI is InChI=1S/C14H23NO4S/c1-3-20(17)8-7-15-10-12(16)11-19-14-6-4-5-13(9-14)18-2/h4-6,9,12,15-16H,3,7-8,10-11H2,1-2H3. The smallest absolute Gasteiger partial charge is 0.123 e. The van der Waals surface area contributed by atoms with Gasteiger partial charge >= 0.3 is 0 Å². The molecule has 1 rings (SSSR count). The molecule has 0 heterocycles. The summed E-state index contributed by atoms with van der Waals surface area (Å²) in [6.07, 6.45) is -0.601. The molecule has 0 aromatic heterocycles. The molecule has 0 spiro atoms. The van der Waals surface area contributed by atoms with Gasteiger partial charge < -0.3 is 19.9 Å². The third-order valence-corrected chi connectivity index (χ3v) is 4.00. The molecule has 0 amide bonds. The van der Waals surface area contributed by atoms with E-state index in [1.54, 1.807) is 13.2 Å². The lowest BCUT2D eigenvalue weighted by atomic mass is 10.3. The minimum atomic E-state index is -0.768. The van der Waals surface area contributed by atoms with Crippen LogP contribution in [0.3, 0.4) is 0 Å². The Morgan fingerprint density at radius 3 is 2.85 bits per heavy atom. The number of hydrogen-bond donors (Lipinski definition) is 2. The molecule has 1 aromatic carbocycles. The number of aliphatic hydroxyl groups is 1. The Hall–Kier alpha value is -1.11. The average molecular weight is 301 g/mol. The Balaban J connectivity index is 2.19. The van der Waals surface area contributed by atoms with E-state index in [1.165, 1.54) is 0 Å². The zero-order valence-electron chi connectivity index (χ0n) is 12.0. The fraction of sp³-hybridized carbons (Fsp3) is 0.571. The van der Waals surface area contributed by atoms with Crippen molar-refractivity contribution < 1.29 is 18.8 Å². The second kappa shape index (κ2) is 9.74. The number of methoxy groups -OCH3 is 1. The summed E-state index contributed by atoms with van der Waals surface area (Å²) in [4.78, 5) is 0. The van der Waals surface area contributed by atoms with Crippen molar-refractivity contribution in [2.24, 2.45) is 0 Å². The van der Waals surface area contributed by atoms with Gasteiger partial charge in [0.1, 0.15) is 24.2 Å². The first-order valence-corrected chi connectivity index (χ1v) is 8.15. The van der Waals surface area contributed by atoms with E-state index in [2.05, 4.69) is 5.32 Å². The summed E-state index contributed by atoms with van der Waals surface area (Å²) in [7, 11) is 0.827. The second-order valence-electron chi connectivity index (χ2n) is 4.28. The van der Waals surface area contributed by atoms with E-state index >= 15 is 0 Å². The Morgan fingerprint density at radius 1 is 1.40 bits per heavy atom. The topological polar surface area (TPSA) is 67.8 Å². The number of rotatable bonds is 10. The van der Waals surface area contributed by atoms with Crippen LogP contribution in [-0.4, -0.2) is 53.7 Å². The molecule has 5 nitrogen and oxygen atoms in total. The van der Waals surface area contributed by atoms with Gasteiger partial charge in [-0.05, 0) is 12.1 Å². The number of nitrogens with one attached hydrogen (secondary N) is 1. The van der Waals surface area contributed by atoms with Crippen molar-refractivity contribution in [1.29, 1.82) is 0 Å². The fourth-order valence-corrected chi connectivity index (χ4v) is 2.20. The maximum Gasteiger partial charge on any atom is 0.123 e. The van der Waals surface area contributed by atoms with Gasteiger partial charge in [0, 0.05) is 41.5 Å². The molecule has 2 N–H and O–H groups in total. The summed E-state index contributed by atoms with van der Waals surface area (Å²) in [5, 5.41) is 12.8. The first-order valence-electron chi connectivity index (χ1n) is 6.66. The second-order valence-corrected chi connectivity index (χ2v) is 6.15. The van der Waals surface area contributed by atoms with Gasteiger partial charge in [0.25, 0.3) is 0 Å². The Labute approximate surface area is 122 Å². The van der Waals surface area contributed by atoms with Crippen LogP contribution >= 0.6 is 0 Å². The Kier molecular flexibility index (Phi) is 8.25. The number of benzene rings is 1. The SMILES string of the molecule is CCS(=O)CCNCC(O)COc1cccc(OC)c1. The first-order chi connectivity index (χ1) is 9.65. The van der Waals surface area contributed by atoms with Crippen LogP contribution in [0.15, 0.2) is 24.3 Å². The lowest BCUT2D eigenvalue weighted by Gasteiger charge is -2.13. The lowest BCUT2D eigenvalue weighted by molar-refractivity contribution is 0.107. The van der Waals surface area contributed by atoms with E-state index in [9.17, 15) is 9.32 Å². The van der Waals surface area contributed by atoms with Gasteiger partial charge in [0.2, 0.25) is 0 Å². The van der Waals surface area contributed by atoms with Crippen molar-refractivity contribution in [3.05, 3.63) is 24.3 Å². The summed E-state index contributed by atoms with van der Waals surface area (Å²) in [5.74, 6) is 2.66. The molecule has 0 saturated heterocycles. The highest BCUT2D eigenvalue weighted by atomic mass is 32.2. The van der Waals surface area contributed by atoms with E-state index in [4.69, 9.17) is 9.47 Å². The van der Waals surface area contributed by atoms with Crippen LogP contribution in [0.2, 0.25) is 0 Å². The summed E-state index contributed by atoms with van der Waals surface area (Å²) in [6.45, 7) is 3.16. The summed E-state index contributed by atoms with van der Waals surface area (Å²) < 4.78 is 21.8. The van der Waals surface area contributed by atoms with Crippen LogP contribution in [0.1, 0.15) is 6.92 Å². The van der Waals surface area contributed by atoms with Crippen molar-refractivity contribution in [2.45, 2.75) is 13.0 Å². The van der Waals surface area contributed by atoms with Crippen LogP contribution in [0.4, 0.5) is 0 Å². The van der Waals surface area contributed by atoms with Crippen molar-refractivity contribution in [1.82, 2.24) is 5.32 Å². The van der Waals surface area contributed by atoms with Gasteiger partial charge in [0.05, 0.1) is 7.11 Å². The van der Waals surface area contributed by atoms with Gasteiger partial charge in [-0.25, -0.2) is 0 Å². The molecule has 6 heteroatoms. The molecule has 0 aliphatic carbocycles. The summed E-state index contributed by atoms with van der Waals surface area (Å²) >= 11 is 0. The van der Waals surface area contributed by atoms with Crippen LogP contribution in [0.25, 0.3) is 0 Å². The molecule has 0 saturated carbocycles. The Morgan fingerprint density at radius 2 is 2.15 bits per heavy atom.